The van der Waals surface area contributed by atoms with Crippen molar-refractivity contribution >= 4 is 29.8 Å². The van der Waals surface area contributed by atoms with E-state index < -0.39 is 72.9 Å². The summed E-state index contributed by atoms with van der Waals surface area (Å²) in [6, 6.07) is 3.19. The van der Waals surface area contributed by atoms with Gasteiger partial charge in [0.2, 0.25) is 12.4 Å². The van der Waals surface area contributed by atoms with E-state index in [4.69, 9.17) is 33.5 Å². The number of ether oxygens (including phenoxy) is 6. The summed E-state index contributed by atoms with van der Waals surface area (Å²) in [5.74, 6) is -5.26. The highest BCUT2D eigenvalue weighted by Gasteiger charge is 2.53. The Morgan fingerprint density at radius 1 is 0.853 bits per heavy atom. The van der Waals surface area contributed by atoms with E-state index in [-0.39, 0.29) is 11.3 Å². The van der Waals surface area contributed by atoms with Crippen molar-refractivity contribution in [2.24, 2.45) is 0 Å². The molecule has 13 heteroatoms. The molecule has 5 atom stereocenters. The van der Waals surface area contributed by atoms with Crippen LogP contribution in [0, 0.1) is 0 Å². The molecule has 0 spiro atoms. The molecule has 0 saturated carbocycles. The molecule has 34 heavy (non-hydrogen) atoms. The molecule has 2 N–H and O–H groups in total. The predicted octanol–water partition coefficient (Wildman–Crippen LogP) is 0.552. The minimum Gasteiger partial charge on any atom is -0.504 e. The molecule has 2 rings (SSSR count). The molecule has 1 aliphatic rings. The quantitative estimate of drug-likeness (QED) is 0.386. The maximum Gasteiger partial charge on any atom is 0.335 e. The lowest BCUT2D eigenvalue weighted by Gasteiger charge is -2.43. The standard InChI is InChI=1S/C21H24O13/c1-9(22)29-8-16-17(30-10(2)23)18(31-11(3)24)19(32-12(4)25)21(34-16)33-15-6-5-13(20(27)28)7-14(15)26/h5-7,16-19,21,26H,8H2,1-4H3,(H,27,28)/t16?,17-,18-,19-,21+/m0/s1. The van der Waals surface area contributed by atoms with Gasteiger partial charge in [0, 0.05) is 27.7 Å². The number of phenolic OH excluding ortho intramolecular Hbond substituents is 1. The zero-order chi connectivity index (χ0) is 25.6. The summed E-state index contributed by atoms with van der Waals surface area (Å²) in [4.78, 5) is 57.7. The van der Waals surface area contributed by atoms with Crippen LogP contribution in [-0.4, -0.2) is 77.4 Å². The highest BCUT2D eigenvalue weighted by molar-refractivity contribution is 5.88. The minimum absolute atomic E-state index is 0.230. The van der Waals surface area contributed by atoms with Gasteiger partial charge in [0.05, 0.1) is 5.56 Å². The van der Waals surface area contributed by atoms with E-state index in [0.717, 1.165) is 45.9 Å². The van der Waals surface area contributed by atoms with E-state index in [1.165, 1.54) is 0 Å². The smallest absolute Gasteiger partial charge is 0.335 e. The third kappa shape index (κ3) is 7.07. The SMILES string of the molecule is CC(=O)OCC1O[C@@H](Oc2ccc(C(=O)O)cc2O)[C@@H](OC(C)=O)[C@@H](OC(C)=O)[C@H]1OC(C)=O. The Morgan fingerprint density at radius 3 is 1.91 bits per heavy atom. The molecule has 13 nitrogen and oxygen atoms in total. The van der Waals surface area contributed by atoms with Crippen molar-refractivity contribution in [1.82, 2.24) is 0 Å². The molecular formula is C21H24O13. The molecule has 1 fully saturated rings. The number of aromatic carboxylic acids is 1. The fourth-order valence-corrected chi connectivity index (χ4v) is 3.16. The normalized spacial score (nSPS) is 23.8. The lowest BCUT2D eigenvalue weighted by Crippen LogP contribution is -2.63. The lowest BCUT2D eigenvalue weighted by atomic mass is 9.98. The van der Waals surface area contributed by atoms with Gasteiger partial charge in [0.25, 0.3) is 0 Å². The molecule has 0 radical (unpaired) electrons. The number of carboxylic acids is 1. The van der Waals surface area contributed by atoms with E-state index in [9.17, 15) is 29.1 Å². The molecular weight excluding hydrogens is 460 g/mol. The molecule has 1 saturated heterocycles. The van der Waals surface area contributed by atoms with Gasteiger partial charge in [0.15, 0.2) is 23.7 Å². The summed E-state index contributed by atoms with van der Waals surface area (Å²) in [6.07, 6.45) is -7.13. The largest absolute Gasteiger partial charge is 0.504 e. The van der Waals surface area contributed by atoms with Crippen molar-refractivity contribution in [3.05, 3.63) is 23.8 Å². The molecule has 1 aromatic rings. The van der Waals surface area contributed by atoms with Crippen molar-refractivity contribution in [2.45, 2.75) is 58.4 Å². The number of carboxylic acid groups (broad SMARTS) is 1. The van der Waals surface area contributed by atoms with Crippen molar-refractivity contribution in [2.75, 3.05) is 6.61 Å². The molecule has 0 aliphatic carbocycles. The maximum atomic E-state index is 11.8. The Morgan fingerprint density at radius 2 is 1.41 bits per heavy atom. The summed E-state index contributed by atoms with van der Waals surface area (Å²) < 4.78 is 32.1. The summed E-state index contributed by atoms with van der Waals surface area (Å²) in [6.45, 7) is 3.89. The second-order valence-electron chi connectivity index (χ2n) is 7.17. The minimum atomic E-state index is -1.57. The van der Waals surface area contributed by atoms with Crippen LogP contribution in [0.15, 0.2) is 18.2 Å². The summed E-state index contributed by atoms with van der Waals surface area (Å²) in [5.41, 5.74) is -0.230. The monoisotopic (exact) mass is 484 g/mol. The Hall–Kier alpha value is -3.87. The zero-order valence-corrected chi connectivity index (χ0v) is 18.7. The predicted molar refractivity (Wildman–Crippen MR) is 108 cm³/mol. The summed E-state index contributed by atoms with van der Waals surface area (Å²) in [7, 11) is 0. The highest BCUT2D eigenvalue weighted by Crippen LogP contribution is 2.34. The van der Waals surface area contributed by atoms with Crippen molar-refractivity contribution in [3.63, 3.8) is 0 Å². The average Bonchev–Trinajstić information content (AvgIpc) is 2.71. The molecule has 1 aromatic carbocycles. The van der Waals surface area contributed by atoms with E-state index in [0.29, 0.717) is 0 Å². The van der Waals surface area contributed by atoms with E-state index in [1.807, 2.05) is 0 Å². The van der Waals surface area contributed by atoms with Crippen LogP contribution in [0.4, 0.5) is 0 Å². The first kappa shape index (κ1) is 26.4. The number of hydrogen-bond donors (Lipinski definition) is 2. The lowest BCUT2D eigenvalue weighted by molar-refractivity contribution is -0.288. The molecule has 1 aliphatic heterocycles. The van der Waals surface area contributed by atoms with Crippen LogP contribution in [0.3, 0.4) is 0 Å². The molecule has 0 bridgehead atoms. The van der Waals surface area contributed by atoms with Crippen LogP contribution in [0.1, 0.15) is 38.1 Å². The van der Waals surface area contributed by atoms with Gasteiger partial charge in [-0.3, -0.25) is 19.2 Å². The summed E-state index contributed by atoms with van der Waals surface area (Å²) in [5, 5.41) is 19.2. The fraction of sp³-hybridized carbons (Fsp3) is 0.476. The Balaban J connectivity index is 2.49. The number of benzene rings is 1. The van der Waals surface area contributed by atoms with Gasteiger partial charge in [-0.15, -0.1) is 0 Å². The van der Waals surface area contributed by atoms with Gasteiger partial charge in [-0.25, -0.2) is 4.79 Å². The van der Waals surface area contributed by atoms with Gasteiger partial charge in [-0.05, 0) is 18.2 Å². The van der Waals surface area contributed by atoms with Crippen molar-refractivity contribution in [3.8, 4) is 11.5 Å². The number of carbonyl (C=O) groups excluding carboxylic acids is 4. The topological polar surface area (TPSA) is 181 Å². The number of esters is 4. The first-order valence-corrected chi connectivity index (χ1v) is 9.92. The van der Waals surface area contributed by atoms with E-state index >= 15 is 0 Å². The van der Waals surface area contributed by atoms with E-state index in [2.05, 4.69) is 0 Å². The molecule has 1 heterocycles. The first-order chi connectivity index (χ1) is 15.9. The number of aromatic hydroxyl groups is 1. The van der Waals surface area contributed by atoms with Gasteiger partial charge in [0.1, 0.15) is 12.7 Å². The number of hydrogen-bond acceptors (Lipinski definition) is 12. The Kier molecular flexibility index (Phi) is 8.78. The first-order valence-electron chi connectivity index (χ1n) is 9.92. The van der Waals surface area contributed by atoms with Crippen LogP contribution in [0.2, 0.25) is 0 Å². The fourth-order valence-electron chi connectivity index (χ4n) is 3.16. The molecule has 0 aromatic heterocycles. The van der Waals surface area contributed by atoms with Crippen LogP contribution in [0.25, 0.3) is 0 Å². The molecule has 0 amide bonds. The number of carbonyl (C=O) groups is 5. The van der Waals surface area contributed by atoms with E-state index in [1.54, 1.807) is 0 Å². The van der Waals surface area contributed by atoms with Gasteiger partial charge in [-0.2, -0.15) is 0 Å². The third-order valence-corrected chi connectivity index (χ3v) is 4.40. The summed E-state index contributed by atoms with van der Waals surface area (Å²) >= 11 is 0. The van der Waals surface area contributed by atoms with Gasteiger partial charge in [-0.1, -0.05) is 0 Å². The van der Waals surface area contributed by atoms with Crippen molar-refractivity contribution in [1.29, 1.82) is 0 Å². The zero-order valence-electron chi connectivity index (χ0n) is 18.7. The van der Waals surface area contributed by atoms with Gasteiger partial charge < -0.3 is 38.6 Å². The number of phenols is 1. The van der Waals surface area contributed by atoms with Crippen LogP contribution >= 0.6 is 0 Å². The molecule has 1 unspecified atom stereocenters. The second-order valence-corrected chi connectivity index (χ2v) is 7.17. The van der Waals surface area contributed by atoms with Crippen molar-refractivity contribution < 1.29 is 62.6 Å². The van der Waals surface area contributed by atoms with Crippen LogP contribution < -0.4 is 4.74 Å². The highest BCUT2D eigenvalue weighted by atomic mass is 16.7. The number of rotatable bonds is 8. The van der Waals surface area contributed by atoms with Crippen LogP contribution in [-0.2, 0) is 42.9 Å². The van der Waals surface area contributed by atoms with Gasteiger partial charge >= 0.3 is 29.8 Å². The maximum absolute atomic E-state index is 11.8. The average molecular weight is 484 g/mol. The van der Waals surface area contributed by atoms with Crippen LogP contribution in [0.5, 0.6) is 11.5 Å². The Bertz CT molecular complexity index is 956. The second kappa shape index (κ2) is 11.3. The third-order valence-electron chi connectivity index (χ3n) is 4.40. The Labute approximate surface area is 193 Å². The molecule has 186 valence electrons.